The van der Waals surface area contributed by atoms with Crippen molar-refractivity contribution >= 4 is 0 Å². The van der Waals surface area contributed by atoms with Crippen molar-refractivity contribution in [1.82, 2.24) is 20.4 Å². The molecule has 2 aliphatic heterocycles. The van der Waals surface area contributed by atoms with Crippen molar-refractivity contribution in [2.45, 2.75) is 57.6 Å². The molecule has 0 atom stereocenters. The summed E-state index contributed by atoms with van der Waals surface area (Å²) in [6.45, 7) is 9.44. The number of piperidine rings is 1. The van der Waals surface area contributed by atoms with E-state index in [-0.39, 0.29) is 23.2 Å². The van der Waals surface area contributed by atoms with Gasteiger partial charge in [0.25, 0.3) is 0 Å². The van der Waals surface area contributed by atoms with Crippen molar-refractivity contribution in [3.63, 3.8) is 0 Å². The topological polar surface area (TPSA) is 63.4 Å². The average Bonchev–Trinajstić information content (AvgIpc) is 3.12. The molecule has 0 aliphatic carbocycles. The first kappa shape index (κ1) is 20.2. The zero-order valence-electron chi connectivity index (χ0n) is 17.2. The zero-order chi connectivity index (χ0) is 20.6. The van der Waals surface area contributed by atoms with E-state index in [0.717, 1.165) is 31.5 Å². The molecule has 0 amide bonds. The molecule has 0 unspecified atom stereocenters. The Kier molecular flexibility index (Phi) is 5.57. The number of rotatable bonds is 5. The first-order valence-electron chi connectivity index (χ1n) is 10.2. The minimum atomic E-state index is -0.622. The quantitative estimate of drug-likeness (QED) is 0.821. The van der Waals surface area contributed by atoms with Gasteiger partial charge in [0.2, 0.25) is 5.89 Å². The van der Waals surface area contributed by atoms with Gasteiger partial charge in [0.05, 0.1) is 6.54 Å². The molecule has 29 heavy (non-hydrogen) atoms. The van der Waals surface area contributed by atoms with Gasteiger partial charge in [0.15, 0.2) is 23.2 Å². The summed E-state index contributed by atoms with van der Waals surface area (Å²) in [5.74, 6) is -0.121. The highest BCUT2D eigenvalue weighted by molar-refractivity contribution is 5.34. The van der Waals surface area contributed by atoms with E-state index in [2.05, 4.69) is 15.5 Å². The number of halogens is 2. The van der Waals surface area contributed by atoms with Gasteiger partial charge in [0, 0.05) is 18.5 Å². The summed E-state index contributed by atoms with van der Waals surface area (Å²) < 4.78 is 39.9. The fraction of sp³-hybridized carbons (Fsp3) is 0.619. The van der Waals surface area contributed by atoms with Crippen LogP contribution < -0.4 is 10.1 Å². The van der Waals surface area contributed by atoms with Crippen molar-refractivity contribution in [2.24, 2.45) is 0 Å². The van der Waals surface area contributed by atoms with Crippen LogP contribution in [0.15, 0.2) is 16.7 Å². The van der Waals surface area contributed by atoms with E-state index in [1.165, 1.54) is 12.1 Å². The second kappa shape index (κ2) is 7.99. The lowest BCUT2D eigenvalue weighted by Gasteiger charge is -2.38. The first-order chi connectivity index (χ1) is 13.8. The van der Waals surface area contributed by atoms with Crippen LogP contribution in [0.3, 0.4) is 0 Å². The summed E-state index contributed by atoms with van der Waals surface area (Å²) >= 11 is 0. The standard InChI is InChI=1S/C21H28F2N4O2/c1-21(2,3)20-25-18(29-26-20)12-27-10-15(11-27)28-19-16(22)8-14(9-17(19)23)13-4-6-24-7-5-13/h8-9,13,15,24H,4-7,10-12H2,1-3H3. The molecule has 0 bridgehead atoms. The normalized spacial score (nSPS) is 19.3. The van der Waals surface area contributed by atoms with Crippen molar-refractivity contribution in [2.75, 3.05) is 26.2 Å². The van der Waals surface area contributed by atoms with E-state index in [4.69, 9.17) is 9.26 Å². The Morgan fingerprint density at radius 3 is 2.41 bits per heavy atom. The lowest BCUT2D eigenvalue weighted by Crippen LogP contribution is -2.53. The summed E-state index contributed by atoms with van der Waals surface area (Å²) in [5, 5.41) is 7.27. The third kappa shape index (κ3) is 4.59. The predicted octanol–water partition coefficient (Wildman–Crippen LogP) is 3.38. The van der Waals surface area contributed by atoms with Gasteiger partial charge in [-0.2, -0.15) is 4.98 Å². The van der Waals surface area contributed by atoms with Crippen molar-refractivity contribution in [1.29, 1.82) is 0 Å². The number of hydrogen-bond acceptors (Lipinski definition) is 6. The Labute approximate surface area is 169 Å². The van der Waals surface area contributed by atoms with E-state index < -0.39 is 11.6 Å². The molecular weight excluding hydrogens is 378 g/mol. The van der Waals surface area contributed by atoms with Crippen LogP contribution in [0.25, 0.3) is 0 Å². The molecule has 3 heterocycles. The number of aromatic nitrogens is 2. The number of nitrogens with one attached hydrogen (secondary N) is 1. The predicted molar refractivity (Wildman–Crippen MR) is 104 cm³/mol. The fourth-order valence-corrected chi connectivity index (χ4v) is 3.79. The summed E-state index contributed by atoms with van der Waals surface area (Å²) in [6, 6.07) is 2.86. The molecule has 4 rings (SSSR count). The zero-order valence-corrected chi connectivity index (χ0v) is 17.2. The molecule has 158 valence electrons. The van der Waals surface area contributed by atoms with Crippen LogP contribution in [0.4, 0.5) is 8.78 Å². The second-order valence-electron chi connectivity index (χ2n) is 9.03. The molecule has 1 aromatic heterocycles. The molecule has 1 aromatic carbocycles. The van der Waals surface area contributed by atoms with Crippen molar-refractivity contribution in [3.05, 3.63) is 41.0 Å². The summed E-state index contributed by atoms with van der Waals surface area (Å²) in [5.41, 5.74) is 0.549. The van der Waals surface area contributed by atoms with E-state index in [1.807, 2.05) is 25.7 Å². The van der Waals surface area contributed by atoms with Crippen molar-refractivity contribution < 1.29 is 18.0 Å². The highest BCUT2D eigenvalue weighted by atomic mass is 19.1. The van der Waals surface area contributed by atoms with Gasteiger partial charge in [-0.3, -0.25) is 4.90 Å². The Balaban J connectivity index is 1.32. The van der Waals surface area contributed by atoms with Crippen LogP contribution in [-0.2, 0) is 12.0 Å². The maximum atomic E-state index is 14.5. The molecular formula is C21H28F2N4O2. The van der Waals surface area contributed by atoms with E-state index in [0.29, 0.717) is 31.3 Å². The molecule has 2 saturated heterocycles. The molecule has 1 N–H and O–H groups in total. The van der Waals surface area contributed by atoms with Crippen molar-refractivity contribution in [3.8, 4) is 5.75 Å². The summed E-state index contributed by atoms with van der Waals surface area (Å²) in [6.07, 6.45) is 1.53. The monoisotopic (exact) mass is 406 g/mol. The van der Waals surface area contributed by atoms with E-state index in [9.17, 15) is 8.78 Å². The molecule has 0 saturated carbocycles. The number of nitrogens with zero attached hydrogens (tertiary/aromatic N) is 3. The minimum absolute atomic E-state index is 0.169. The Bertz CT molecular complexity index is 830. The highest BCUT2D eigenvalue weighted by Gasteiger charge is 2.32. The van der Waals surface area contributed by atoms with Gasteiger partial charge in [-0.1, -0.05) is 25.9 Å². The molecule has 6 nitrogen and oxygen atoms in total. The van der Waals surface area contributed by atoms with Gasteiger partial charge in [-0.15, -0.1) is 0 Å². The maximum absolute atomic E-state index is 14.5. The smallest absolute Gasteiger partial charge is 0.240 e. The Hall–Kier alpha value is -2.06. The number of likely N-dealkylation sites (tertiary alicyclic amines) is 1. The highest BCUT2D eigenvalue weighted by Crippen LogP contribution is 2.32. The van der Waals surface area contributed by atoms with Gasteiger partial charge in [-0.25, -0.2) is 8.78 Å². The molecule has 2 aromatic rings. The number of hydrogen-bond donors (Lipinski definition) is 1. The third-order valence-electron chi connectivity index (χ3n) is 5.54. The van der Waals surface area contributed by atoms with Gasteiger partial charge in [0.1, 0.15) is 6.10 Å². The van der Waals surface area contributed by atoms with E-state index in [1.54, 1.807) is 0 Å². The number of ether oxygens (including phenoxy) is 1. The second-order valence-corrected chi connectivity index (χ2v) is 9.03. The number of benzene rings is 1. The lowest BCUT2D eigenvalue weighted by atomic mass is 9.90. The summed E-state index contributed by atoms with van der Waals surface area (Å²) in [4.78, 5) is 6.46. The third-order valence-corrected chi connectivity index (χ3v) is 5.54. The van der Waals surface area contributed by atoms with Gasteiger partial charge < -0.3 is 14.6 Å². The average molecular weight is 406 g/mol. The van der Waals surface area contributed by atoms with Gasteiger partial charge >= 0.3 is 0 Å². The summed E-state index contributed by atoms with van der Waals surface area (Å²) in [7, 11) is 0. The Morgan fingerprint density at radius 1 is 1.17 bits per heavy atom. The van der Waals surface area contributed by atoms with Crippen LogP contribution in [-0.4, -0.2) is 47.3 Å². The molecule has 0 spiro atoms. The minimum Gasteiger partial charge on any atom is -0.482 e. The lowest BCUT2D eigenvalue weighted by molar-refractivity contribution is 0.00425. The van der Waals surface area contributed by atoms with Gasteiger partial charge in [-0.05, 0) is 49.5 Å². The van der Waals surface area contributed by atoms with E-state index >= 15 is 0 Å². The Morgan fingerprint density at radius 2 is 1.83 bits per heavy atom. The molecule has 8 heteroatoms. The van der Waals surface area contributed by atoms with Crippen LogP contribution in [0.2, 0.25) is 0 Å². The largest absolute Gasteiger partial charge is 0.482 e. The SMILES string of the molecule is CC(C)(C)c1noc(CN2CC(Oc3c(F)cc(C4CCNCC4)cc3F)C2)n1. The first-order valence-corrected chi connectivity index (χ1v) is 10.2. The van der Waals surface area contributed by atoms with Crippen LogP contribution in [0.5, 0.6) is 5.75 Å². The van der Waals surface area contributed by atoms with Crippen LogP contribution in [0, 0.1) is 11.6 Å². The molecule has 2 aliphatic rings. The maximum Gasteiger partial charge on any atom is 0.240 e. The molecule has 2 fully saturated rings. The fourth-order valence-electron chi connectivity index (χ4n) is 3.79. The van der Waals surface area contributed by atoms with Crippen LogP contribution >= 0.6 is 0 Å². The van der Waals surface area contributed by atoms with Crippen LogP contribution in [0.1, 0.15) is 56.8 Å². The molecule has 0 radical (unpaired) electrons.